The molecule has 0 radical (unpaired) electrons. The van der Waals surface area contributed by atoms with E-state index < -0.39 is 11.9 Å². The summed E-state index contributed by atoms with van der Waals surface area (Å²) >= 11 is 6.12. The van der Waals surface area contributed by atoms with Gasteiger partial charge in [0, 0.05) is 11.6 Å². The molecule has 1 N–H and O–H groups in total. The summed E-state index contributed by atoms with van der Waals surface area (Å²) in [4.78, 5) is 25.9. The van der Waals surface area contributed by atoms with E-state index in [1.165, 1.54) is 0 Å². The summed E-state index contributed by atoms with van der Waals surface area (Å²) in [6, 6.07) is 14.0. The van der Waals surface area contributed by atoms with Gasteiger partial charge in [-0.1, -0.05) is 41.9 Å². The highest BCUT2D eigenvalue weighted by Gasteiger charge is 2.65. The first-order valence-electron chi connectivity index (χ1n) is 7.01. The summed E-state index contributed by atoms with van der Waals surface area (Å²) in [6.45, 7) is 0. The Morgan fingerprint density at radius 2 is 1.73 bits per heavy atom. The number of carbonyl (C=O) groups excluding carboxylic acids is 1. The average Bonchev–Trinajstić information content (AvgIpc) is 3.15. The first-order chi connectivity index (χ1) is 10.6. The summed E-state index contributed by atoms with van der Waals surface area (Å²) in [5.74, 6) is -1.74. The zero-order valence-electron chi connectivity index (χ0n) is 11.4. The second kappa shape index (κ2) is 4.58. The quantitative estimate of drug-likeness (QED) is 0.926. The van der Waals surface area contributed by atoms with E-state index in [4.69, 9.17) is 11.6 Å². The standard InChI is InChI=1S/C17H12ClNO3/c18-11-7-3-1-5-9(11)16(20)19-12-8-4-2-6-10(12)13-14(15(13)19)17(21)22/h1-8,13-15H,(H,21,22)/t13-,14-,15-/m0/s1. The van der Waals surface area contributed by atoms with E-state index in [0.717, 1.165) is 11.3 Å². The van der Waals surface area contributed by atoms with Gasteiger partial charge in [0.25, 0.3) is 5.91 Å². The summed E-state index contributed by atoms with van der Waals surface area (Å²) < 4.78 is 0. The van der Waals surface area contributed by atoms with Gasteiger partial charge >= 0.3 is 5.97 Å². The maximum absolute atomic E-state index is 12.9. The number of carbonyl (C=O) groups is 2. The topological polar surface area (TPSA) is 57.6 Å². The first-order valence-corrected chi connectivity index (χ1v) is 7.39. The van der Waals surface area contributed by atoms with Crippen LogP contribution in [0.1, 0.15) is 21.8 Å². The zero-order chi connectivity index (χ0) is 15.4. The van der Waals surface area contributed by atoms with Gasteiger partial charge in [0.2, 0.25) is 0 Å². The monoisotopic (exact) mass is 313 g/mol. The van der Waals surface area contributed by atoms with E-state index in [-0.39, 0.29) is 17.9 Å². The Morgan fingerprint density at radius 3 is 2.45 bits per heavy atom. The molecule has 1 aliphatic heterocycles. The Labute approximate surface area is 131 Å². The second-order valence-corrected chi connectivity index (χ2v) is 6.00. The van der Waals surface area contributed by atoms with Crippen LogP contribution >= 0.6 is 11.6 Å². The number of nitrogens with zero attached hydrogens (tertiary/aromatic N) is 1. The maximum Gasteiger partial charge on any atom is 0.309 e. The van der Waals surface area contributed by atoms with E-state index in [1.54, 1.807) is 29.2 Å². The molecule has 2 aromatic rings. The number of benzene rings is 2. The number of carboxylic acid groups (broad SMARTS) is 1. The van der Waals surface area contributed by atoms with Crippen molar-refractivity contribution in [2.24, 2.45) is 5.92 Å². The van der Waals surface area contributed by atoms with Crippen LogP contribution in [0.15, 0.2) is 48.5 Å². The van der Waals surface area contributed by atoms with Crippen molar-refractivity contribution in [2.75, 3.05) is 4.90 Å². The van der Waals surface area contributed by atoms with Crippen LogP contribution < -0.4 is 4.90 Å². The molecule has 0 bridgehead atoms. The van der Waals surface area contributed by atoms with Gasteiger partial charge in [0.1, 0.15) is 0 Å². The molecule has 0 spiro atoms. The van der Waals surface area contributed by atoms with Crippen molar-refractivity contribution in [3.63, 3.8) is 0 Å². The predicted octanol–water partition coefficient (Wildman–Crippen LogP) is 3.17. The summed E-state index contributed by atoms with van der Waals surface area (Å²) in [6.07, 6.45) is 0. The average molecular weight is 314 g/mol. The lowest BCUT2D eigenvalue weighted by Gasteiger charge is -2.22. The molecule has 1 saturated carbocycles. The van der Waals surface area contributed by atoms with E-state index in [2.05, 4.69) is 0 Å². The molecule has 4 rings (SSSR count). The molecule has 0 saturated heterocycles. The molecular formula is C17H12ClNO3. The van der Waals surface area contributed by atoms with Crippen molar-refractivity contribution < 1.29 is 14.7 Å². The van der Waals surface area contributed by atoms with Crippen molar-refractivity contribution in [1.29, 1.82) is 0 Å². The number of para-hydroxylation sites is 1. The molecule has 0 aromatic heterocycles. The minimum atomic E-state index is -0.860. The number of hydrogen-bond donors (Lipinski definition) is 1. The first kappa shape index (κ1) is 13.3. The molecule has 1 amide bonds. The highest BCUT2D eigenvalue weighted by molar-refractivity contribution is 6.34. The minimum Gasteiger partial charge on any atom is -0.481 e. The molecule has 0 unspecified atom stereocenters. The Kier molecular flexibility index (Phi) is 2.78. The van der Waals surface area contributed by atoms with Crippen LogP contribution in [-0.4, -0.2) is 23.0 Å². The van der Waals surface area contributed by atoms with Crippen LogP contribution in [0.5, 0.6) is 0 Å². The number of anilines is 1. The van der Waals surface area contributed by atoms with Crippen LogP contribution in [0.2, 0.25) is 5.02 Å². The Hall–Kier alpha value is -2.33. The van der Waals surface area contributed by atoms with Crippen molar-refractivity contribution in [3.05, 3.63) is 64.7 Å². The van der Waals surface area contributed by atoms with Gasteiger partial charge in [-0.3, -0.25) is 9.59 Å². The Morgan fingerprint density at radius 1 is 1.05 bits per heavy atom. The van der Waals surface area contributed by atoms with Crippen LogP contribution in [0.3, 0.4) is 0 Å². The lowest BCUT2D eigenvalue weighted by Crippen LogP contribution is -2.34. The fourth-order valence-corrected chi connectivity index (χ4v) is 3.67. The van der Waals surface area contributed by atoms with Gasteiger partial charge in [-0.2, -0.15) is 0 Å². The minimum absolute atomic E-state index is 0.111. The Balaban J connectivity index is 1.80. The Bertz CT molecular complexity index is 804. The van der Waals surface area contributed by atoms with Crippen molar-refractivity contribution in [3.8, 4) is 0 Å². The largest absolute Gasteiger partial charge is 0.481 e. The smallest absolute Gasteiger partial charge is 0.309 e. The number of halogens is 1. The lowest BCUT2D eigenvalue weighted by atomic mass is 10.1. The molecule has 22 heavy (non-hydrogen) atoms. The van der Waals surface area contributed by atoms with Crippen LogP contribution in [0, 0.1) is 5.92 Å². The van der Waals surface area contributed by atoms with Gasteiger partial charge in [0.05, 0.1) is 22.5 Å². The van der Waals surface area contributed by atoms with Crippen LogP contribution in [-0.2, 0) is 4.79 Å². The third-order valence-corrected chi connectivity index (χ3v) is 4.77. The SMILES string of the molecule is O=C(O)[C@H]1[C@@H]2c3ccccc3N(C(=O)c3ccccc3Cl)[C@H]12. The fraction of sp³-hybridized carbons (Fsp3) is 0.176. The molecule has 110 valence electrons. The van der Waals surface area contributed by atoms with E-state index in [0.29, 0.717) is 10.6 Å². The lowest BCUT2D eigenvalue weighted by molar-refractivity contribution is -0.138. The van der Waals surface area contributed by atoms with Crippen molar-refractivity contribution in [1.82, 2.24) is 0 Å². The number of carboxylic acids is 1. The molecule has 1 fully saturated rings. The summed E-state index contributed by atoms with van der Waals surface area (Å²) in [7, 11) is 0. The number of rotatable bonds is 2. The van der Waals surface area contributed by atoms with E-state index in [9.17, 15) is 14.7 Å². The zero-order valence-corrected chi connectivity index (χ0v) is 12.2. The molecule has 2 aliphatic rings. The van der Waals surface area contributed by atoms with Gasteiger partial charge in [-0.15, -0.1) is 0 Å². The highest BCUT2D eigenvalue weighted by atomic mass is 35.5. The molecule has 1 aliphatic carbocycles. The van der Waals surface area contributed by atoms with Crippen LogP contribution in [0.4, 0.5) is 5.69 Å². The number of fused-ring (bicyclic) bond motifs is 3. The normalized spacial score (nSPS) is 24.6. The van der Waals surface area contributed by atoms with Crippen LogP contribution in [0.25, 0.3) is 0 Å². The van der Waals surface area contributed by atoms with Gasteiger partial charge in [0.15, 0.2) is 0 Å². The highest BCUT2D eigenvalue weighted by Crippen LogP contribution is 2.60. The van der Waals surface area contributed by atoms with E-state index in [1.807, 2.05) is 24.3 Å². The number of hydrogen-bond acceptors (Lipinski definition) is 2. The van der Waals surface area contributed by atoms with Gasteiger partial charge < -0.3 is 10.0 Å². The number of aliphatic carboxylic acids is 1. The summed E-state index contributed by atoms with van der Waals surface area (Å²) in [5, 5.41) is 9.72. The van der Waals surface area contributed by atoms with Crippen molar-refractivity contribution in [2.45, 2.75) is 12.0 Å². The third-order valence-electron chi connectivity index (χ3n) is 4.44. The second-order valence-electron chi connectivity index (χ2n) is 5.59. The third kappa shape index (κ3) is 1.70. The fourth-order valence-electron chi connectivity index (χ4n) is 3.45. The predicted molar refractivity (Wildman–Crippen MR) is 82.4 cm³/mol. The molecule has 3 atom stereocenters. The van der Waals surface area contributed by atoms with Gasteiger partial charge in [-0.25, -0.2) is 0 Å². The maximum atomic E-state index is 12.9. The molecular weight excluding hydrogens is 302 g/mol. The molecule has 1 heterocycles. The molecule has 5 heteroatoms. The molecule has 2 aromatic carbocycles. The summed E-state index contributed by atoms with van der Waals surface area (Å²) in [5.41, 5.74) is 2.12. The van der Waals surface area contributed by atoms with Gasteiger partial charge in [-0.05, 0) is 23.8 Å². The number of amides is 1. The van der Waals surface area contributed by atoms with Crippen molar-refractivity contribution >= 4 is 29.2 Å². The van der Waals surface area contributed by atoms with E-state index >= 15 is 0 Å². The molecule has 4 nitrogen and oxygen atoms in total.